The van der Waals surface area contributed by atoms with Crippen molar-refractivity contribution in [2.45, 2.75) is 62.3 Å². The van der Waals surface area contributed by atoms with Gasteiger partial charge < -0.3 is 19.7 Å². The van der Waals surface area contributed by atoms with Crippen LogP contribution in [0.2, 0.25) is 5.02 Å². The zero-order valence-corrected chi connectivity index (χ0v) is 21.9. The first-order valence-corrected chi connectivity index (χ1v) is 14.3. The minimum atomic E-state index is -0.901. The van der Waals surface area contributed by atoms with Crippen molar-refractivity contribution in [3.05, 3.63) is 45.8 Å². The van der Waals surface area contributed by atoms with E-state index in [0.29, 0.717) is 43.0 Å². The lowest BCUT2D eigenvalue weighted by Crippen LogP contribution is -2.38. The van der Waals surface area contributed by atoms with Crippen LogP contribution in [0.25, 0.3) is 0 Å². The van der Waals surface area contributed by atoms with Gasteiger partial charge in [-0.25, -0.2) is 9.49 Å². The van der Waals surface area contributed by atoms with Crippen molar-refractivity contribution in [2.24, 2.45) is 0 Å². The number of aromatic amines is 1. The van der Waals surface area contributed by atoms with E-state index >= 15 is 0 Å². The number of rotatable bonds is 8. The average Bonchev–Trinajstić information content (AvgIpc) is 3.73. The highest BCUT2D eigenvalue weighted by molar-refractivity contribution is 7.85. The monoisotopic (exact) mass is 540 g/mol. The van der Waals surface area contributed by atoms with Crippen molar-refractivity contribution in [1.82, 2.24) is 10.2 Å². The molecule has 2 aromatic rings. The Morgan fingerprint density at radius 2 is 1.89 bits per heavy atom. The molecular weight excluding hydrogens is 507 g/mol. The van der Waals surface area contributed by atoms with Gasteiger partial charge in [0.2, 0.25) is 6.86 Å². The molecule has 2 unspecified atom stereocenters. The molecule has 1 aliphatic heterocycles. The fourth-order valence-electron chi connectivity index (χ4n) is 4.69. The minimum Gasteiger partial charge on any atom is -0.463 e. The van der Waals surface area contributed by atoms with Crippen LogP contribution in [0.4, 0.5) is 15.8 Å². The van der Waals surface area contributed by atoms with E-state index in [2.05, 4.69) is 32.5 Å². The molecule has 8 nitrogen and oxygen atoms in total. The quantitative estimate of drug-likeness (QED) is 0.516. The predicted octanol–water partition coefficient (Wildman–Crippen LogP) is 4.28. The molecule has 0 amide bonds. The second-order valence-corrected chi connectivity index (χ2v) is 11.5. The topological polar surface area (TPSA) is 96.6 Å². The first-order valence-electron chi connectivity index (χ1n) is 12.6. The molecule has 5 rings (SSSR count). The van der Waals surface area contributed by atoms with Crippen LogP contribution >= 0.6 is 11.6 Å². The molecule has 0 radical (unpaired) electrons. The van der Waals surface area contributed by atoms with Gasteiger partial charge in [-0.1, -0.05) is 30.9 Å². The van der Waals surface area contributed by atoms with E-state index in [-0.39, 0.29) is 10.3 Å². The fraction of sp³-hybridized carbons (Fsp3) is 0.600. The summed E-state index contributed by atoms with van der Waals surface area (Å²) < 4.78 is 33.9. The molecule has 0 bridgehead atoms. The number of hydrogen-bond acceptors (Lipinski definition) is 7. The summed E-state index contributed by atoms with van der Waals surface area (Å²) in [5, 5.41) is 8.80. The molecule has 3 aliphatic rings. The smallest absolute Gasteiger partial charge is 0.285 e. The van der Waals surface area contributed by atoms with Gasteiger partial charge in [-0.2, -0.15) is 5.10 Å². The van der Waals surface area contributed by atoms with Crippen molar-refractivity contribution in [3.8, 4) is 5.75 Å². The minimum absolute atomic E-state index is 0.0579. The number of aromatic nitrogens is 2. The maximum Gasteiger partial charge on any atom is 0.285 e. The molecule has 36 heavy (non-hydrogen) atoms. The molecule has 2 N–H and O–H groups in total. The number of benzene rings is 1. The van der Waals surface area contributed by atoms with Gasteiger partial charge in [-0.15, -0.1) is 0 Å². The zero-order chi connectivity index (χ0) is 25.3. The van der Waals surface area contributed by atoms with Gasteiger partial charge in [0.15, 0.2) is 0 Å². The van der Waals surface area contributed by atoms with Gasteiger partial charge in [0.05, 0.1) is 30.3 Å². The Kier molecular flexibility index (Phi) is 10.0. The summed E-state index contributed by atoms with van der Waals surface area (Å²) in [6.45, 7) is 0.677. The summed E-state index contributed by atoms with van der Waals surface area (Å²) in [6.07, 6.45) is 10.8. The van der Waals surface area contributed by atoms with E-state index in [1.54, 1.807) is 0 Å². The molecule has 1 aromatic carbocycles. The van der Waals surface area contributed by atoms with Gasteiger partial charge in [-0.05, 0) is 49.9 Å². The third kappa shape index (κ3) is 7.43. The molecule has 2 aliphatic carbocycles. The third-order valence-electron chi connectivity index (χ3n) is 6.68. The highest BCUT2D eigenvalue weighted by Gasteiger charge is 2.34. The van der Waals surface area contributed by atoms with E-state index in [4.69, 9.17) is 21.1 Å². The van der Waals surface area contributed by atoms with Crippen LogP contribution in [0.3, 0.4) is 0 Å². The van der Waals surface area contributed by atoms with Crippen LogP contribution in [-0.2, 0) is 15.5 Å². The number of nitrogens with zero attached hydrogens (tertiary/aromatic N) is 2. The summed E-state index contributed by atoms with van der Waals surface area (Å²) in [4.78, 5) is 13.8. The maximum atomic E-state index is 12.1. The van der Waals surface area contributed by atoms with Crippen LogP contribution in [0.15, 0.2) is 35.3 Å². The highest BCUT2D eigenvalue weighted by atomic mass is 35.5. The molecule has 1 aromatic heterocycles. The Bertz CT molecular complexity index is 1050. The molecule has 198 valence electrons. The second-order valence-electron chi connectivity index (χ2n) is 9.27. The Morgan fingerprint density at radius 3 is 2.56 bits per heavy atom. The predicted molar refractivity (Wildman–Crippen MR) is 141 cm³/mol. The number of ether oxygens (including phenoxy) is 2. The van der Waals surface area contributed by atoms with E-state index in [9.17, 15) is 13.4 Å². The molecule has 2 atom stereocenters. The van der Waals surface area contributed by atoms with Crippen molar-refractivity contribution in [1.29, 1.82) is 0 Å². The summed E-state index contributed by atoms with van der Waals surface area (Å²) in [5.74, 6) is 1.17. The normalized spacial score (nSPS) is 22.3. The van der Waals surface area contributed by atoms with Crippen LogP contribution < -0.4 is 20.5 Å². The van der Waals surface area contributed by atoms with Crippen LogP contribution in [0.5, 0.6) is 5.75 Å². The second kappa shape index (κ2) is 13.4. The molecule has 0 spiro atoms. The van der Waals surface area contributed by atoms with Crippen molar-refractivity contribution < 1.29 is 18.1 Å². The summed E-state index contributed by atoms with van der Waals surface area (Å²) >= 11 is 5.79. The number of anilines is 2. The van der Waals surface area contributed by atoms with Crippen molar-refractivity contribution in [2.75, 3.05) is 42.6 Å². The van der Waals surface area contributed by atoms with Crippen LogP contribution in [-0.4, -0.2) is 64.1 Å². The molecule has 1 saturated heterocycles. The average molecular weight is 541 g/mol. The van der Waals surface area contributed by atoms with Gasteiger partial charge in [-0.3, -0.25) is 9.00 Å². The third-order valence-corrected chi connectivity index (χ3v) is 8.68. The van der Waals surface area contributed by atoms with Gasteiger partial charge in [0.1, 0.15) is 10.8 Å². The molecular formula is C25H34ClFN4O4S. The lowest BCUT2D eigenvalue weighted by Gasteiger charge is -2.36. The fourth-order valence-corrected chi connectivity index (χ4v) is 5.98. The molecule has 2 heterocycles. The standard InChI is InChI=1S/C16H22FNO.C9H12ClN3O3S/c17-12-19-16-10-8-15(9-11-16)18(14-6-7-14)13-4-2-1-3-5-13;10-8-7(4-12-13-9(8)14)11-3-6-5-16-1-2-17(6)15/h8-11,13-14H,1-7,12H2;4,6H,1-3,5H2,(H2,11,13,14). The zero-order valence-electron chi connectivity index (χ0n) is 20.3. The highest BCUT2D eigenvalue weighted by Crippen LogP contribution is 2.38. The van der Waals surface area contributed by atoms with Gasteiger partial charge in [0.25, 0.3) is 5.56 Å². The van der Waals surface area contributed by atoms with E-state index in [1.165, 1.54) is 56.8 Å². The van der Waals surface area contributed by atoms with Crippen molar-refractivity contribution >= 4 is 33.8 Å². The lowest BCUT2D eigenvalue weighted by atomic mass is 9.93. The Balaban J connectivity index is 0.000000170. The Hall–Kier alpha value is -2.17. The number of H-pyrrole nitrogens is 1. The molecule has 2 saturated carbocycles. The summed E-state index contributed by atoms with van der Waals surface area (Å²) in [5.41, 5.74) is 1.27. The summed E-state index contributed by atoms with van der Waals surface area (Å²) in [7, 11) is -0.901. The first kappa shape index (κ1) is 26.9. The SMILES string of the molecule is FCOc1ccc(N(C2CCCCC2)C2CC2)cc1.O=c1[nH]ncc(NCC2COCCS2=O)c1Cl. The Morgan fingerprint density at radius 1 is 1.17 bits per heavy atom. The number of halogens is 2. The van der Waals surface area contributed by atoms with E-state index in [0.717, 1.165) is 6.04 Å². The maximum absolute atomic E-state index is 12.1. The van der Waals surface area contributed by atoms with Crippen LogP contribution in [0.1, 0.15) is 44.9 Å². The number of hydrogen-bond donors (Lipinski definition) is 2. The Labute approximate surface area is 218 Å². The molecule has 3 fully saturated rings. The van der Waals surface area contributed by atoms with E-state index in [1.807, 2.05) is 12.1 Å². The van der Waals surface area contributed by atoms with Gasteiger partial charge in [0, 0.05) is 40.9 Å². The molecule has 11 heteroatoms. The first-order chi connectivity index (χ1) is 17.6. The lowest BCUT2D eigenvalue weighted by molar-refractivity contribution is 0.142. The number of alkyl halides is 1. The van der Waals surface area contributed by atoms with Crippen LogP contribution in [0, 0.1) is 0 Å². The largest absolute Gasteiger partial charge is 0.463 e. The van der Waals surface area contributed by atoms with Gasteiger partial charge >= 0.3 is 0 Å². The van der Waals surface area contributed by atoms with E-state index < -0.39 is 23.2 Å². The van der Waals surface area contributed by atoms with Crippen molar-refractivity contribution in [3.63, 3.8) is 0 Å². The number of nitrogens with one attached hydrogen (secondary N) is 2. The summed E-state index contributed by atoms with van der Waals surface area (Å²) in [6, 6.07) is 9.36.